The topological polar surface area (TPSA) is 152 Å². The number of nitrogens with one attached hydrogen (secondary N) is 1. The van der Waals surface area contributed by atoms with Crippen molar-refractivity contribution in [2.75, 3.05) is 38.1 Å². The Bertz CT molecular complexity index is 1460. The van der Waals surface area contributed by atoms with E-state index < -0.39 is 65.5 Å². The first-order valence-corrected chi connectivity index (χ1v) is 17.0. The second kappa shape index (κ2) is 16.2. The van der Waals surface area contributed by atoms with E-state index in [0.29, 0.717) is 25.9 Å². The molecule has 0 radical (unpaired) electrons. The largest absolute Gasteiger partial charge is 0.490 e. The highest BCUT2D eigenvalue weighted by atomic mass is 32.2. The Morgan fingerprint density at radius 2 is 1.94 bits per heavy atom. The minimum absolute atomic E-state index is 0.00285. The van der Waals surface area contributed by atoms with Gasteiger partial charge < -0.3 is 28.9 Å². The van der Waals surface area contributed by atoms with Crippen molar-refractivity contribution in [3.63, 3.8) is 0 Å². The number of anilines is 1. The van der Waals surface area contributed by atoms with Crippen LogP contribution in [-0.4, -0.2) is 98.1 Å². The average Bonchev–Trinajstić information content (AvgIpc) is 3.34. The fraction of sp³-hybridized carbons (Fsp3) is 0.645. The van der Waals surface area contributed by atoms with Crippen LogP contribution in [0.4, 0.5) is 18.9 Å². The number of likely N-dealkylation sites (N-methyl/N-ethyl adjacent to an activating group) is 1. The Morgan fingerprint density at radius 1 is 1.23 bits per heavy atom. The molecule has 0 spiro atoms. The van der Waals surface area contributed by atoms with Crippen LogP contribution in [-0.2, 0) is 19.6 Å². The fourth-order valence-corrected chi connectivity index (χ4v) is 6.71. The number of carbonyl (C=O) groups is 2. The summed E-state index contributed by atoms with van der Waals surface area (Å²) in [6.45, 7) is 8.21. The average molecular weight is 691 g/mol. The standard InChI is InChI=1S/C31H45F3N4O8S/c1-19-16-38(20(2)18-39)30(41)25-15-24(36-47(42,43)29-22(4)35-46-23(29)5)10-11-26(25)45-21(3)9-7-8-14-44-27(19)17-37(6)28(40)12-13-31(32,33)34/h10-11,15,19-21,27,36,39H,7-9,12-14,16-18H2,1-6H3/t19-,20+,21-,27-/m1/s1. The monoisotopic (exact) mass is 690 g/mol. The zero-order valence-corrected chi connectivity index (χ0v) is 28.4. The van der Waals surface area contributed by atoms with Crippen molar-refractivity contribution in [3.05, 3.63) is 35.2 Å². The number of aliphatic hydroxyl groups excluding tert-OH is 1. The molecule has 3 rings (SSSR count). The van der Waals surface area contributed by atoms with E-state index in [4.69, 9.17) is 14.0 Å². The van der Waals surface area contributed by atoms with Gasteiger partial charge in [-0.25, -0.2) is 8.42 Å². The number of hydrogen-bond acceptors (Lipinski definition) is 9. The highest BCUT2D eigenvalue weighted by Gasteiger charge is 2.33. The van der Waals surface area contributed by atoms with Crippen LogP contribution in [0.2, 0.25) is 0 Å². The number of fused-ring (bicyclic) bond motifs is 1. The molecule has 47 heavy (non-hydrogen) atoms. The van der Waals surface area contributed by atoms with Gasteiger partial charge in [-0.2, -0.15) is 13.2 Å². The van der Waals surface area contributed by atoms with Gasteiger partial charge in [0.25, 0.3) is 15.9 Å². The maximum Gasteiger partial charge on any atom is 0.389 e. The maximum atomic E-state index is 14.3. The summed E-state index contributed by atoms with van der Waals surface area (Å²) < 4.78 is 84.5. The molecule has 4 atom stereocenters. The van der Waals surface area contributed by atoms with E-state index >= 15 is 0 Å². The third-order valence-electron chi connectivity index (χ3n) is 8.04. The number of sulfonamides is 1. The molecule has 0 unspecified atom stereocenters. The molecule has 1 aromatic carbocycles. The number of alkyl halides is 3. The number of hydrogen-bond donors (Lipinski definition) is 2. The van der Waals surface area contributed by atoms with E-state index in [1.807, 2.05) is 6.92 Å². The van der Waals surface area contributed by atoms with Crippen molar-refractivity contribution in [1.82, 2.24) is 15.0 Å². The molecule has 12 nitrogen and oxygen atoms in total. The van der Waals surface area contributed by atoms with Gasteiger partial charge >= 0.3 is 6.18 Å². The molecule has 0 saturated carbocycles. The number of halogens is 3. The lowest BCUT2D eigenvalue weighted by Crippen LogP contribution is -2.48. The van der Waals surface area contributed by atoms with Crippen molar-refractivity contribution in [2.24, 2.45) is 5.92 Å². The first kappa shape index (κ1) is 38.1. The fourth-order valence-electron chi connectivity index (χ4n) is 5.32. The van der Waals surface area contributed by atoms with Gasteiger partial charge in [0.1, 0.15) is 11.4 Å². The molecule has 1 aliphatic rings. The molecule has 2 amide bonds. The van der Waals surface area contributed by atoms with Crippen LogP contribution in [0.3, 0.4) is 0 Å². The Labute approximate surface area is 273 Å². The number of nitrogens with zero attached hydrogens (tertiary/aromatic N) is 3. The summed E-state index contributed by atoms with van der Waals surface area (Å²) in [4.78, 5) is 29.3. The molecular formula is C31H45F3N4O8S. The van der Waals surface area contributed by atoms with Gasteiger partial charge in [0.15, 0.2) is 10.7 Å². The van der Waals surface area contributed by atoms with Crippen molar-refractivity contribution in [2.45, 2.75) is 96.0 Å². The van der Waals surface area contributed by atoms with Crippen LogP contribution in [0.15, 0.2) is 27.6 Å². The lowest BCUT2D eigenvalue weighted by molar-refractivity contribution is -0.149. The molecule has 0 fully saturated rings. The van der Waals surface area contributed by atoms with E-state index in [1.165, 1.54) is 48.9 Å². The lowest BCUT2D eigenvalue weighted by Gasteiger charge is -2.36. The molecule has 0 bridgehead atoms. The molecule has 264 valence electrons. The van der Waals surface area contributed by atoms with Gasteiger partial charge in [-0.1, -0.05) is 12.1 Å². The second-order valence-electron chi connectivity index (χ2n) is 12.2. The van der Waals surface area contributed by atoms with E-state index in [2.05, 4.69) is 9.88 Å². The highest BCUT2D eigenvalue weighted by molar-refractivity contribution is 7.92. The molecule has 2 heterocycles. The number of carbonyl (C=O) groups excluding carboxylic acids is 2. The molecule has 0 aliphatic carbocycles. The molecule has 1 aliphatic heterocycles. The van der Waals surface area contributed by atoms with Gasteiger partial charge in [-0.3, -0.25) is 14.3 Å². The first-order valence-electron chi connectivity index (χ1n) is 15.5. The minimum atomic E-state index is -4.46. The number of benzene rings is 1. The summed E-state index contributed by atoms with van der Waals surface area (Å²) >= 11 is 0. The van der Waals surface area contributed by atoms with E-state index in [0.717, 1.165) is 0 Å². The highest BCUT2D eigenvalue weighted by Crippen LogP contribution is 2.30. The van der Waals surface area contributed by atoms with E-state index in [1.54, 1.807) is 13.8 Å². The van der Waals surface area contributed by atoms with Crippen molar-refractivity contribution in [3.8, 4) is 5.75 Å². The smallest absolute Gasteiger partial charge is 0.389 e. The number of aryl methyl sites for hydroxylation is 2. The summed E-state index contributed by atoms with van der Waals surface area (Å²) in [5, 5.41) is 13.8. The van der Waals surface area contributed by atoms with E-state index in [-0.39, 0.29) is 52.5 Å². The van der Waals surface area contributed by atoms with Gasteiger partial charge in [-0.15, -0.1) is 0 Å². The summed E-state index contributed by atoms with van der Waals surface area (Å²) in [6.07, 6.45) is -5.40. The lowest BCUT2D eigenvalue weighted by atomic mass is 10.0. The minimum Gasteiger partial charge on any atom is -0.490 e. The van der Waals surface area contributed by atoms with Gasteiger partial charge in [-0.05, 0) is 65.2 Å². The molecule has 1 aromatic heterocycles. The SMILES string of the molecule is Cc1noc(C)c1S(=O)(=O)Nc1ccc2c(c1)C(=O)N([C@@H](C)CO)C[C@@H](C)[C@@H](CN(C)C(=O)CCC(F)(F)F)OCCCC[C@@H](C)O2. The summed E-state index contributed by atoms with van der Waals surface area (Å²) in [5.41, 5.74) is 0.305. The molecule has 2 aromatic rings. The van der Waals surface area contributed by atoms with Crippen molar-refractivity contribution < 1.29 is 50.3 Å². The van der Waals surface area contributed by atoms with E-state index in [9.17, 15) is 36.3 Å². The van der Waals surface area contributed by atoms with Crippen LogP contribution in [0.1, 0.15) is 74.7 Å². The molecule has 16 heteroatoms. The summed E-state index contributed by atoms with van der Waals surface area (Å²) in [6, 6.07) is 3.67. The molecule has 2 N–H and O–H groups in total. The van der Waals surface area contributed by atoms with Crippen LogP contribution in [0.5, 0.6) is 5.75 Å². The van der Waals surface area contributed by atoms with Crippen LogP contribution >= 0.6 is 0 Å². The summed E-state index contributed by atoms with van der Waals surface area (Å²) in [7, 11) is -2.72. The molecular weight excluding hydrogens is 645 g/mol. The Kier molecular flexibility index (Phi) is 13.1. The Balaban J connectivity index is 1.97. The first-order chi connectivity index (χ1) is 21.9. The zero-order valence-electron chi connectivity index (χ0n) is 27.6. The number of aromatic nitrogens is 1. The number of ether oxygens (including phenoxy) is 2. The number of rotatable bonds is 9. The Morgan fingerprint density at radius 3 is 2.55 bits per heavy atom. The van der Waals surface area contributed by atoms with Gasteiger partial charge in [0, 0.05) is 44.8 Å². The van der Waals surface area contributed by atoms with Gasteiger partial charge in [0.2, 0.25) is 5.91 Å². The van der Waals surface area contributed by atoms with Crippen molar-refractivity contribution >= 4 is 27.5 Å². The third kappa shape index (κ3) is 10.6. The summed E-state index contributed by atoms with van der Waals surface area (Å²) in [5.74, 6) is -1.34. The normalized spacial score (nSPS) is 20.9. The molecule has 0 saturated heterocycles. The maximum absolute atomic E-state index is 14.3. The third-order valence-corrected chi connectivity index (χ3v) is 9.67. The predicted octanol–water partition coefficient (Wildman–Crippen LogP) is 4.69. The van der Waals surface area contributed by atoms with Crippen molar-refractivity contribution in [1.29, 1.82) is 0 Å². The zero-order chi connectivity index (χ0) is 35.1. The van der Waals surface area contributed by atoms with Crippen LogP contribution < -0.4 is 9.46 Å². The van der Waals surface area contributed by atoms with Crippen LogP contribution in [0.25, 0.3) is 0 Å². The van der Waals surface area contributed by atoms with Gasteiger partial charge in [0.05, 0.1) is 36.8 Å². The van der Waals surface area contributed by atoms with Crippen LogP contribution in [0, 0.1) is 19.8 Å². The number of aliphatic hydroxyl groups is 1. The Hall–Kier alpha value is -3.37. The predicted molar refractivity (Wildman–Crippen MR) is 167 cm³/mol. The number of amides is 2. The quantitative estimate of drug-likeness (QED) is 0.382. The second-order valence-corrected chi connectivity index (χ2v) is 13.8.